The summed E-state index contributed by atoms with van der Waals surface area (Å²) in [6.07, 6.45) is 3.15. The first-order chi connectivity index (χ1) is 10.6. The zero-order valence-electron chi connectivity index (χ0n) is 11.3. The number of carbonyl (C=O) groups excluding carboxylic acids is 1. The fraction of sp³-hybridized carbons (Fsp3) is 0.0625. The van der Waals surface area contributed by atoms with E-state index in [1.165, 1.54) is 11.3 Å². The molecule has 22 heavy (non-hydrogen) atoms. The second kappa shape index (κ2) is 6.25. The van der Waals surface area contributed by atoms with E-state index in [-0.39, 0.29) is 6.42 Å². The van der Waals surface area contributed by atoms with E-state index < -0.39 is 5.97 Å². The van der Waals surface area contributed by atoms with Crippen LogP contribution in [-0.4, -0.2) is 15.9 Å². The quantitative estimate of drug-likeness (QED) is 0.738. The van der Waals surface area contributed by atoms with Crippen molar-refractivity contribution in [3.05, 3.63) is 59.5 Å². The Kier molecular flexibility index (Phi) is 4.18. The average molecular weight is 330 g/mol. The van der Waals surface area contributed by atoms with Crippen LogP contribution in [0.25, 0.3) is 21.0 Å². The van der Waals surface area contributed by atoms with Crippen molar-refractivity contribution in [3.8, 4) is 21.0 Å². The smallest absolute Gasteiger partial charge is 0.125 e. The molecule has 0 aliphatic heterocycles. The molecule has 0 aliphatic carbocycles. The Morgan fingerprint density at radius 1 is 1.18 bits per heavy atom. The molecule has 0 bridgehead atoms. The average Bonchev–Trinajstić information content (AvgIpc) is 2.92. The Bertz CT molecular complexity index is 801. The van der Waals surface area contributed by atoms with Crippen molar-refractivity contribution in [2.24, 2.45) is 0 Å². The van der Waals surface area contributed by atoms with Crippen LogP contribution in [0.3, 0.4) is 0 Å². The summed E-state index contributed by atoms with van der Waals surface area (Å²) in [5.41, 5.74) is 2.23. The number of rotatable bonds is 4. The monoisotopic (exact) mass is 329 g/mol. The van der Waals surface area contributed by atoms with Gasteiger partial charge in [0, 0.05) is 35.4 Å². The number of carbonyl (C=O) groups is 1. The number of aromatic nitrogens is 2. The van der Waals surface area contributed by atoms with Crippen molar-refractivity contribution >= 4 is 28.9 Å². The van der Waals surface area contributed by atoms with E-state index in [1.54, 1.807) is 24.5 Å². The van der Waals surface area contributed by atoms with Gasteiger partial charge >= 0.3 is 0 Å². The Morgan fingerprint density at radius 3 is 2.59 bits per heavy atom. The summed E-state index contributed by atoms with van der Waals surface area (Å²) in [5.74, 6) is -1.15. The van der Waals surface area contributed by atoms with Crippen LogP contribution < -0.4 is 5.11 Å². The SMILES string of the molecule is O=C([O-])Cc1nc(-c2cccnc2)sc1-c1ccc(Cl)cc1. The molecule has 6 heteroatoms. The summed E-state index contributed by atoms with van der Waals surface area (Å²) >= 11 is 7.33. The zero-order valence-corrected chi connectivity index (χ0v) is 12.9. The summed E-state index contributed by atoms with van der Waals surface area (Å²) < 4.78 is 0. The fourth-order valence-corrected chi connectivity index (χ4v) is 3.25. The largest absolute Gasteiger partial charge is 0.550 e. The lowest BCUT2D eigenvalue weighted by atomic mass is 10.1. The van der Waals surface area contributed by atoms with Gasteiger partial charge in [0.1, 0.15) is 5.01 Å². The number of halogens is 1. The second-order valence-electron chi connectivity index (χ2n) is 4.59. The first-order valence-corrected chi connectivity index (χ1v) is 7.69. The Hall–Kier alpha value is -2.24. The van der Waals surface area contributed by atoms with Gasteiger partial charge in [-0.2, -0.15) is 0 Å². The molecule has 0 radical (unpaired) electrons. The van der Waals surface area contributed by atoms with E-state index in [9.17, 15) is 9.90 Å². The maximum atomic E-state index is 11.0. The van der Waals surface area contributed by atoms with Crippen molar-refractivity contribution in [2.45, 2.75) is 6.42 Å². The van der Waals surface area contributed by atoms with Crippen LogP contribution >= 0.6 is 22.9 Å². The zero-order chi connectivity index (χ0) is 15.5. The minimum atomic E-state index is -1.15. The van der Waals surface area contributed by atoms with Crippen LogP contribution in [-0.2, 0) is 11.2 Å². The van der Waals surface area contributed by atoms with Crippen molar-refractivity contribution in [3.63, 3.8) is 0 Å². The molecule has 110 valence electrons. The standard InChI is InChI=1S/C16H11ClN2O2S/c17-12-5-3-10(4-6-12)15-13(8-14(20)21)19-16(22-15)11-2-1-7-18-9-11/h1-7,9H,8H2,(H,20,21)/p-1. The Balaban J connectivity index is 2.09. The van der Waals surface area contributed by atoms with Crippen molar-refractivity contribution in [1.29, 1.82) is 0 Å². The topological polar surface area (TPSA) is 65.9 Å². The van der Waals surface area contributed by atoms with E-state index in [0.717, 1.165) is 21.0 Å². The highest BCUT2D eigenvalue weighted by atomic mass is 35.5. The van der Waals surface area contributed by atoms with Crippen LogP contribution in [0.5, 0.6) is 0 Å². The number of aliphatic carboxylic acids is 1. The molecule has 1 aromatic carbocycles. The number of carboxylic acids is 1. The summed E-state index contributed by atoms with van der Waals surface area (Å²) in [6, 6.07) is 10.9. The number of hydrogen-bond donors (Lipinski definition) is 0. The predicted molar refractivity (Wildman–Crippen MR) is 84.5 cm³/mol. The molecule has 0 spiro atoms. The fourth-order valence-electron chi connectivity index (χ4n) is 2.05. The number of carboxylic acid groups (broad SMARTS) is 1. The highest BCUT2D eigenvalue weighted by Crippen LogP contribution is 2.35. The van der Waals surface area contributed by atoms with E-state index in [4.69, 9.17) is 11.6 Å². The van der Waals surface area contributed by atoms with Gasteiger partial charge in [0.2, 0.25) is 0 Å². The normalized spacial score (nSPS) is 10.6. The molecule has 0 saturated carbocycles. The van der Waals surface area contributed by atoms with Gasteiger partial charge in [0.15, 0.2) is 0 Å². The lowest BCUT2D eigenvalue weighted by Gasteiger charge is -2.03. The molecule has 0 saturated heterocycles. The third kappa shape index (κ3) is 3.16. The summed E-state index contributed by atoms with van der Waals surface area (Å²) in [7, 11) is 0. The molecule has 2 heterocycles. The van der Waals surface area contributed by atoms with E-state index in [0.29, 0.717) is 10.7 Å². The third-order valence-electron chi connectivity index (χ3n) is 3.02. The van der Waals surface area contributed by atoms with E-state index >= 15 is 0 Å². The van der Waals surface area contributed by atoms with Gasteiger partial charge in [-0.25, -0.2) is 4.98 Å². The molecule has 0 N–H and O–H groups in total. The minimum Gasteiger partial charge on any atom is -0.550 e. The van der Waals surface area contributed by atoms with Crippen LogP contribution in [0.1, 0.15) is 5.69 Å². The third-order valence-corrected chi connectivity index (χ3v) is 4.47. The van der Waals surface area contributed by atoms with Crippen molar-refractivity contribution < 1.29 is 9.90 Å². The van der Waals surface area contributed by atoms with Gasteiger partial charge in [-0.05, 0) is 29.8 Å². The van der Waals surface area contributed by atoms with Gasteiger partial charge < -0.3 is 9.90 Å². The Morgan fingerprint density at radius 2 is 1.95 bits per heavy atom. The summed E-state index contributed by atoms with van der Waals surface area (Å²) in [6.45, 7) is 0. The lowest BCUT2D eigenvalue weighted by Crippen LogP contribution is -2.24. The van der Waals surface area contributed by atoms with Crippen LogP contribution in [0.4, 0.5) is 0 Å². The molecule has 3 rings (SSSR count). The molecular formula is C16H10ClN2O2S-. The molecule has 0 amide bonds. The Labute approximate surface area is 136 Å². The van der Waals surface area contributed by atoms with Crippen molar-refractivity contribution in [1.82, 2.24) is 9.97 Å². The van der Waals surface area contributed by atoms with Crippen LogP contribution in [0.2, 0.25) is 5.02 Å². The molecule has 2 aromatic heterocycles. The molecule has 3 aromatic rings. The maximum absolute atomic E-state index is 11.0. The lowest BCUT2D eigenvalue weighted by molar-refractivity contribution is -0.304. The number of pyridine rings is 1. The molecule has 4 nitrogen and oxygen atoms in total. The predicted octanol–water partition coefficient (Wildman–Crippen LogP) is 2.82. The summed E-state index contributed by atoms with van der Waals surface area (Å²) in [5, 5.41) is 12.3. The number of nitrogens with zero attached hydrogens (tertiary/aromatic N) is 2. The first kappa shape index (κ1) is 14.7. The first-order valence-electron chi connectivity index (χ1n) is 6.49. The minimum absolute atomic E-state index is 0.227. The highest BCUT2D eigenvalue weighted by molar-refractivity contribution is 7.18. The van der Waals surface area contributed by atoms with Gasteiger partial charge in [-0.15, -0.1) is 11.3 Å². The molecule has 0 unspecified atom stereocenters. The molecule has 0 atom stereocenters. The second-order valence-corrected chi connectivity index (χ2v) is 6.03. The molecular weight excluding hydrogens is 320 g/mol. The van der Waals surface area contributed by atoms with Crippen LogP contribution in [0.15, 0.2) is 48.8 Å². The number of benzene rings is 1. The number of thiazole rings is 1. The number of hydrogen-bond acceptors (Lipinski definition) is 5. The molecule has 0 fully saturated rings. The van der Waals surface area contributed by atoms with Gasteiger partial charge in [-0.1, -0.05) is 23.7 Å². The van der Waals surface area contributed by atoms with Crippen molar-refractivity contribution in [2.75, 3.05) is 0 Å². The van der Waals surface area contributed by atoms with E-state index in [2.05, 4.69) is 9.97 Å². The van der Waals surface area contributed by atoms with Crippen LogP contribution in [0, 0.1) is 0 Å². The van der Waals surface area contributed by atoms with Gasteiger partial charge in [0.25, 0.3) is 0 Å². The van der Waals surface area contributed by atoms with Gasteiger partial charge in [0.05, 0.1) is 10.6 Å². The highest BCUT2D eigenvalue weighted by Gasteiger charge is 2.14. The maximum Gasteiger partial charge on any atom is 0.125 e. The van der Waals surface area contributed by atoms with E-state index in [1.807, 2.05) is 24.3 Å². The van der Waals surface area contributed by atoms with Gasteiger partial charge in [-0.3, -0.25) is 4.98 Å². The summed E-state index contributed by atoms with van der Waals surface area (Å²) in [4.78, 5) is 20.3. The molecule has 0 aliphatic rings.